The number of aromatic hydroxyl groups is 2. The molecule has 2 N–H and O–H groups in total. The maximum Gasteiger partial charge on any atom is 0.174 e. The molecule has 2 fully saturated rings. The molecule has 2 aliphatic rings. The molecular formula is C49H76N2O6. The van der Waals surface area contributed by atoms with Crippen LogP contribution in [0.25, 0.3) is 0 Å². The van der Waals surface area contributed by atoms with E-state index in [0.29, 0.717) is 11.5 Å². The van der Waals surface area contributed by atoms with Crippen LogP contribution in [-0.2, 0) is 30.1 Å². The van der Waals surface area contributed by atoms with Crippen molar-refractivity contribution in [3.8, 4) is 11.5 Å². The van der Waals surface area contributed by atoms with Gasteiger partial charge in [-0.3, -0.25) is 9.59 Å². The highest BCUT2D eigenvalue weighted by Crippen LogP contribution is 2.41. The highest BCUT2D eigenvalue weighted by Gasteiger charge is 2.27. The van der Waals surface area contributed by atoms with Crippen LogP contribution in [0.3, 0.4) is 0 Å². The van der Waals surface area contributed by atoms with E-state index in [4.69, 9.17) is 9.68 Å². The zero-order chi connectivity index (χ0) is 41.8. The van der Waals surface area contributed by atoms with Gasteiger partial charge in [-0.1, -0.05) is 134 Å². The monoisotopic (exact) mass is 789 g/mol. The quantitative estimate of drug-likeness (QED) is 0.0960. The molecule has 2 aromatic rings. The first kappa shape index (κ1) is 47.7. The van der Waals surface area contributed by atoms with Gasteiger partial charge in [0.25, 0.3) is 0 Å². The number of phenolic OH excluding ortho intramolecular Hbond substituents is 2. The number of phenols is 2. The third-order valence-corrected chi connectivity index (χ3v) is 12.0. The minimum atomic E-state index is -0.0257. The molecule has 2 atom stereocenters. The summed E-state index contributed by atoms with van der Waals surface area (Å²) in [4.78, 5) is 32.3. The fourth-order valence-corrected chi connectivity index (χ4v) is 8.28. The molecule has 4 rings (SSSR count). The van der Waals surface area contributed by atoms with Crippen molar-refractivity contribution in [1.82, 2.24) is 0 Å². The number of Topliss-reactive ketones (excluding diaryl/α,β-unsaturated/α-hetero) is 2. The van der Waals surface area contributed by atoms with E-state index in [1.165, 1.54) is 82.8 Å². The van der Waals surface area contributed by atoms with E-state index >= 15 is 0 Å². The second kappa shape index (κ2) is 24.3. The predicted molar refractivity (Wildman–Crippen MR) is 235 cm³/mol. The average molecular weight is 789 g/mol. The van der Waals surface area contributed by atoms with Crippen LogP contribution >= 0.6 is 0 Å². The maximum atomic E-state index is 11.0. The summed E-state index contributed by atoms with van der Waals surface area (Å²) in [6.07, 6.45) is 21.3. The lowest BCUT2D eigenvalue weighted by molar-refractivity contribution is -0.122. The van der Waals surface area contributed by atoms with Crippen molar-refractivity contribution < 1.29 is 29.5 Å². The molecule has 0 radical (unpaired) electrons. The summed E-state index contributed by atoms with van der Waals surface area (Å²) in [7, 11) is 0. The summed E-state index contributed by atoms with van der Waals surface area (Å²) < 4.78 is 0. The van der Waals surface area contributed by atoms with Gasteiger partial charge >= 0.3 is 0 Å². The lowest BCUT2D eigenvalue weighted by atomic mass is 9.77. The van der Waals surface area contributed by atoms with E-state index in [2.05, 4.69) is 76.1 Å². The number of rotatable bonds is 21. The van der Waals surface area contributed by atoms with Crippen LogP contribution in [0.15, 0.2) is 46.7 Å². The van der Waals surface area contributed by atoms with E-state index in [-0.39, 0.29) is 47.4 Å². The molecule has 0 bridgehead atoms. The van der Waals surface area contributed by atoms with Crippen LogP contribution < -0.4 is 0 Å². The number of carbonyl (C=O) groups is 2. The Balaban J connectivity index is 0.000000306. The Morgan fingerprint density at radius 2 is 1.02 bits per heavy atom. The number of hydrogen-bond donors (Lipinski definition) is 2. The number of nitrogens with zero attached hydrogens (tertiary/aromatic N) is 2. The van der Waals surface area contributed by atoms with E-state index < -0.39 is 0 Å². The second-order valence-electron chi connectivity index (χ2n) is 18.1. The van der Waals surface area contributed by atoms with Crippen molar-refractivity contribution >= 4 is 23.0 Å². The minimum absolute atomic E-state index is 0.0251. The molecule has 2 aromatic carbocycles. The van der Waals surface area contributed by atoms with Gasteiger partial charge in [-0.2, -0.15) is 0 Å². The van der Waals surface area contributed by atoms with Crippen molar-refractivity contribution in [1.29, 1.82) is 0 Å². The zero-order valence-electron chi connectivity index (χ0n) is 36.9. The molecule has 2 saturated carbocycles. The highest BCUT2D eigenvalue weighted by atomic mass is 16.6. The topological polar surface area (TPSA) is 118 Å². The summed E-state index contributed by atoms with van der Waals surface area (Å²) in [6.45, 7) is 16.6. The second-order valence-corrected chi connectivity index (χ2v) is 18.1. The number of unbranched alkanes of at least 4 members (excludes halogenated alkanes) is 7. The fourth-order valence-electron chi connectivity index (χ4n) is 8.28. The molecular weight excluding hydrogens is 713 g/mol. The Kier molecular flexibility index (Phi) is 20.3. The summed E-state index contributed by atoms with van der Waals surface area (Å²) in [5.41, 5.74) is 6.54. The molecule has 0 saturated heterocycles. The molecule has 8 heteroatoms. The third-order valence-electron chi connectivity index (χ3n) is 12.0. The van der Waals surface area contributed by atoms with Crippen molar-refractivity contribution in [2.75, 3.05) is 13.2 Å². The minimum Gasteiger partial charge on any atom is -0.508 e. The van der Waals surface area contributed by atoms with Crippen molar-refractivity contribution in [2.24, 2.45) is 10.3 Å². The van der Waals surface area contributed by atoms with Crippen LogP contribution in [0.1, 0.15) is 211 Å². The SMILES string of the molecule is CCCCCCC(C)(C)c1ccc(C2CCC/C(=N/OCC(C)=O)C2)c(O)c1.CCCCCCCC(C)(C)c1ccc(C2CCC/C(=N/OCC(C)=O)C2)c(O)c1. The molecule has 0 amide bonds. The molecule has 0 spiro atoms. The summed E-state index contributed by atoms with van der Waals surface area (Å²) in [5, 5.41) is 29.8. The van der Waals surface area contributed by atoms with Gasteiger partial charge in [-0.25, -0.2) is 0 Å². The van der Waals surface area contributed by atoms with E-state index in [1.807, 2.05) is 12.1 Å². The number of hydrogen-bond acceptors (Lipinski definition) is 8. The van der Waals surface area contributed by atoms with Crippen molar-refractivity contribution in [2.45, 2.75) is 200 Å². The van der Waals surface area contributed by atoms with Crippen LogP contribution in [0.4, 0.5) is 0 Å². The number of ketones is 2. The maximum absolute atomic E-state index is 11.0. The zero-order valence-corrected chi connectivity index (χ0v) is 36.9. The van der Waals surface area contributed by atoms with Gasteiger partial charge in [-0.05, 0) is 135 Å². The van der Waals surface area contributed by atoms with Gasteiger partial charge in [-0.15, -0.1) is 0 Å². The Labute approximate surface area is 345 Å². The van der Waals surface area contributed by atoms with Gasteiger partial charge in [0, 0.05) is 0 Å². The molecule has 0 aliphatic heterocycles. The van der Waals surface area contributed by atoms with Crippen molar-refractivity contribution in [3.63, 3.8) is 0 Å². The van der Waals surface area contributed by atoms with Gasteiger partial charge in [0.15, 0.2) is 24.8 Å². The Bertz CT molecular complexity index is 1610. The first-order chi connectivity index (χ1) is 27.2. The van der Waals surface area contributed by atoms with Crippen LogP contribution in [0, 0.1) is 0 Å². The van der Waals surface area contributed by atoms with Gasteiger partial charge < -0.3 is 19.9 Å². The molecule has 0 aromatic heterocycles. The van der Waals surface area contributed by atoms with E-state index in [1.54, 1.807) is 0 Å². The van der Waals surface area contributed by atoms with E-state index in [0.717, 1.165) is 86.8 Å². The van der Waals surface area contributed by atoms with Crippen molar-refractivity contribution in [3.05, 3.63) is 58.7 Å². The Hall–Kier alpha value is -3.68. The highest BCUT2D eigenvalue weighted by molar-refractivity contribution is 5.86. The lowest BCUT2D eigenvalue weighted by Crippen LogP contribution is -2.18. The summed E-state index contributed by atoms with van der Waals surface area (Å²) in [6, 6.07) is 12.5. The molecule has 318 valence electrons. The van der Waals surface area contributed by atoms with Gasteiger partial charge in [0.05, 0.1) is 11.4 Å². The molecule has 8 nitrogen and oxygen atoms in total. The first-order valence-electron chi connectivity index (χ1n) is 22.2. The number of carbonyl (C=O) groups excluding carboxylic acids is 2. The van der Waals surface area contributed by atoms with E-state index in [9.17, 15) is 19.8 Å². The molecule has 2 aliphatic carbocycles. The summed E-state index contributed by atoms with van der Waals surface area (Å²) >= 11 is 0. The Morgan fingerprint density at radius 3 is 1.39 bits per heavy atom. The fraction of sp³-hybridized carbons (Fsp3) is 0.673. The summed E-state index contributed by atoms with van der Waals surface area (Å²) in [5.74, 6) is 1.27. The van der Waals surface area contributed by atoms with Crippen LogP contribution in [-0.4, -0.2) is 46.4 Å². The van der Waals surface area contributed by atoms with Gasteiger partial charge in [0.1, 0.15) is 11.5 Å². The van der Waals surface area contributed by atoms with Gasteiger partial charge in [0.2, 0.25) is 0 Å². The smallest absolute Gasteiger partial charge is 0.174 e. The van der Waals surface area contributed by atoms with Crippen LogP contribution in [0.5, 0.6) is 11.5 Å². The average Bonchev–Trinajstić information content (AvgIpc) is 3.16. The normalized spacial score (nSPS) is 18.9. The lowest BCUT2D eigenvalue weighted by Gasteiger charge is -2.28. The predicted octanol–water partition coefficient (Wildman–Crippen LogP) is 12.9. The standard InChI is InChI=1S/C25H39NO3.C24H37NO3/c1-5-6-7-8-9-15-25(3,4)21-13-14-23(24(28)17-21)20-11-10-12-22(16-20)26-29-18-19(2)27;1-5-6-7-8-14-24(3,4)20-12-13-22(23(27)16-20)19-10-9-11-21(15-19)25-28-17-18(2)26/h13-14,17,20,28H,5-12,15-16,18H2,1-4H3;12-13,16,19,27H,5-11,14-15,17H2,1-4H3/b26-22-;25-21-. The van der Waals surface area contributed by atoms with Crippen LogP contribution in [0.2, 0.25) is 0 Å². The third kappa shape index (κ3) is 16.6. The Morgan fingerprint density at radius 1 is 0.632 bits per heavy atom. The molecule has 0 heterocycles. The first-order valence-corrected chi connectivity index (χ1v) is 22.2. The largest absolute Gasteiger partial charge is 0.508 e. The molecule has 57 heavy (non-hydrogen) atoms. The number of oxime groups is 2. The number of benzene rings is 2. The molecule has 2 unspecified atom stereocenters.